The maximum absolute atomic E-state index is 13.4. The van der Waals surface area contributed by atoms with Gasteiger partial charge in [-0.15, -0.1) is 0 Å². The minimum absolute atomic E-state index is 0.0402. The van der Waals surface area contributed by atoms with Gasteiger partial charge in [-0.1, -0.05) is 41.9 Å². The molecule has 1 atom stereocenters. The molecular formula is C24H23ClN6O2. The average molecular weight is 463 g/mol. The Hall–Kier alpha value is -3.33. The smallest absolute Gasteiger partial charge is 0.253 e. The Morgan fingerprint density at radius 2 is 1.79 bits per heavy atom. The van der Waals surface area contributed by atoms with Gasteiger partial charge in [-0.25, -0.2) is 15.0 Å². The van der Waals surface area contributed by atoms with Crippen LogP contribution in [0.3, 0.4) is 0 Å². The van der Waals surface area contributed by atoms with Crippen molar-refractivity contribution in [2.45, 2.75) is 6.04 Å². The second kappa shape index (κ2) is 9.66. The number of rotatable bonds is 6. The van der Waals surface area contributed by atoms with Crippen LogP contribution in [0.25, 0.3) is 17.0 Å². The third-order valence-electron chi connectivity index (χ3n) is 5.77. The van der Waals surface area contributed by atoms with Gasteiger partial charge in [-0.05, 0) is 17.7 Å². The molecule has 8 nitrogen and oxygen atoms in total. The van der Waals surface area contributed by atoms with E-state index in [4.69, 9.17) is 16.3 Å². The first-order valence-electron chi connectivity index (χ1n) is 10.8. The molecule has 1 aliphatic rings. The largest absolute Gasteiger partial charge is 0.379 e. The number of nitrogens with zero attached hydrogens (tertiary/aromatic N) is 5. The van der Waals surface area contributed by atoms with E-state index in [0.717, 1.165) is 18.7 Å². The highest BCUT2D eigenvalue weighted by Gasteiger charge is 2.25. The van der Waals surface area contributed by atoms with E-state index < -0.39 is 0 Å². The highest BCUT2D eigenvalue weighted by Crippen LogP contribution is 2.29. The summed E-state index contributed by atoms with van der Waals surface area (Å²) in [4.78, 5) is 28.7. The fourth-order valence-corrected chi connectivity index (χ4v) is 4.40. The van der Waals surface area contributed by atoms with Crippen LogP contribution in [0.15, 0.2) is 67.3 Å². The van der Waals surface area contributed by atoms with Gasteiger partial charge in [0.05, 0.1) is 35.2 Å². The van der Waals surface area contributed by atoms with E-state index in [1.807, 2.05) is 18.2 Å². The number of benzene rings is 1. The minimum atomic E-state index is -0.223. The number of aromatic nitrogens is 4. The first-order valence-corrected chi connectivity index (χ1v) is 11.2. The summed E-state index contributed by atoms with van der Waals surface area (Å²) < 4.78 is 7.21. The number of ether oxygens (including phenoxy) is 1. The number of morpholine rings is 1. The number of nitrogens with one attached hydrogen (secondary N) is 1. The van der Waals surface area contributed by atoms with Gasteiger partial charge in [0.15, 0.2) is 0 Å². The zero-order chi connectivity index (χ0) is 22.6. The number of carbonyl (C=O) groups is 1. The van der Waals surface area contributed by atoms with E-state index in [1.165, 1.54) is 0 Å². The lowest BCUT2D eigenvalue weighted by Gasteiger charge is -2.34. The van der Waals surface area contributed by atoms with E-state index in [2.05, 4.69) is 37.3 Å². The van der Waals surface area contributed by atoms with Gasteiger partial charge in [0.25, 0.3) is 5.91 Å². The maximum Gasteiger partial charge on any atom is 0.253 e. The number of hydrogen-bond donors (Lipinski definition) is 1. The highest BCUT2D eigenvalue weighted by molar-refractivity contribution is 6.36. The van der Waals surface area contributed by atoms with Crippen LogP contribution in [0.4, 0.5) is 0 Å². The lowest BCUT2D eigenvalue weighted by atomic mass is 10.0. The molecule has 1 N–H and O–H groups in total. The van der Waals surface area contributed by atoms with Crippen molar-refractivity contribution >= 4 is 28.5 Å². The van der Waals surface area contributed by atoms with Crippen LogP contribution in [0.2, 0.25) is 5.02 Å². The van der Waals surface area contributed by atoms with Crippen molar-refractivity contribution < 1.29 is 9.53 Å². The van der Waals surface area contributed by atoms with Gasteiger partial charge in [-0.3, -0.25) is 14.3 Å². The predicted molar refractivity (Wildman–Crippen MR) is 126 cm³/mol. The molecule has 0 bridgehead atoms. The van der Waals surface area contributed by atoms with E-state index in [9.17, 15) is 4.79 Å². The molecular weight excluding hydrogens is 440 g/mol. The summed E-state index contributed by atoms with van der Waals surface area (Å²) in [6.45, 7) is 3.45. The zero-order valence-electron chi connectivity index (χ0n) is 17.9. The van der Waals surface area contributed by atoms with Crippen LogP contribution < -0.4 is 5.32 Å². The molecule has 0 aliphatic carbocycles. The topological polar surface area (TPSA) is 85.2 Å². The number of halogens is 1. The number of carbonyl (C=O) groups excluding carboxylic acids is 1. The minimum Gasteiger partial charge on any atom is -0.379 e. The predicted octanol–water partition coefficient (Wildman–Crippen LogP) is 3.27. The zero-order valence-corrected chi connectivity index (χ0v) is 18.7. The summed E-state index contributed by atoms with van der Waals surface area (Å²) in [6, 6.07) is 13.7. The van der Waals surface area contributed by atoms with Crippen LogP contribution in [-0.4, -0.2) is 63.2 Å². The lowest BCUT2D eigenvalue weighted by molar-refractivity contribution is 0.0162. The van der Waals surface area contributed by atoms with E-state index >= 15 is 0 Å². The number of fused-ring (bicyclic) bond motifs is 1. The third kappa shape index (κ3) is 4.45. The normalized spacial score (nSPS) is 15.4. The second-order valence-corrected chi connectivity index (χ2v) is 8.14. The summed E-state index contributed by atoms with van der Waals surface area (Å²) >= 11 is 6.49. The van der Waals surface area contributed by atoms with E-state index in [0.29, 0.717) is 47.3 Å². The Labute approximate surface area is 196 Å². The number of hydrogen-bond acceptors (Lipinski definition) is 6. The van der Waals surface area contributed by atoms with Crippen LogP contribution in [-0.2, 0) is 4.74 Å². The molecule has 4 aromatic rings. The number of amides is 1. The molecule has 5 rings (SSSR count). The SMILES string of the molecule is O=C(NCC(c1ccccc1)N1CCOCC1)c1cn(-c2ncccn2)c2nccc(Cl)c12. The van der Waals surface area contributed by atoms with Crippen LogP contribution in [0.5, 0.6) is 0 Å². The summed E-state index contributed by atoms with van der Waals surface area (Å²) in [5.41, 5.74) is 2.12. The average Bonchev–Trinajstić information content (AvgIpc) is 3.27. The van der Waals surface area contributed by atoms with Crippen LogP contribution in [0.1, 0.15) is 22.0 Å². The maximum atomic E-state index is 13.4. The summed E-state index contributed by atoms with van der Waals surface area (Å²) in [5.74, 6) is 0.200. The van der Waals surface area contributed by atoms with Crippen molar-refractivity contribution in [1.29, 1.82) is 0 Å². The fraction of sp³-hybridized carbons (Fsp3) is 0.250. The van der Waals surface area contributed by atoms with E-state index in [-0.39, 0.29) is 11.9 Å². The quantitative estimate of drug-likeness (QED) is 0.473. The van der Waals surface area contributed by atoms with Gasteiger partial charge < -0.3 is 10.1 Å². The molecule has 1 aliphatic heterocycles. The summed E-state index contributed by atoms with van der Waals surface area (Å²) in [6.07, 6.45) is 6.59. The molecule has 4 heterocycles. The molecule has 1 saturated heterocycles. The second-order valence-electron chi connectivity index (χ2n) is 7.74. The molecule has 168 valence electrons. The van der Waals surface area contributed by atoms with Crippen molar-refractivity contribution in [2.75, 3.05) is 32.8 Å². The van der Waals surface area contributed by atoms with Gasteiger partial charge in [-0.2, -0.15) is 0 Å². The van der Waals surface area contributed by atoms with Crippen molar-refractivity contribution in [3.05, 3.63) is 83.4 Å². The standard InChI is InChI=1S/C24H23ClN6O2/c25-19-7-10-26-22-21(19)18(16-31(22)24-27-8-4-9-28-24)23(32)29-15-20(17-5-2-1-3-6-17)30-11-13-33-14-12-30/h1-10,16,20H,11-15H2,(H,29,32). The van der Waals surface area contributed by atoms with Crippen molar-refractivity contribution in [3.8, 4) is 5.95 Å². The molecule has 33 heavy (non-hydrogen) atoms. The van der Waals surface area contributed by atoms with Gasteiger partial charge in [0, 0.05) is 44.4 Å². The monoisotopic (exact) mass is 462 g/mol. The van der Waals surface area contributed by atoms with Crippen LogP contribution in [0, 0.1) is 0 Å². The molecule has 1 aromatic carbocycles. The molecule has 1 unspecified atom stereocenters. The van der Waals surface area contributed by atoms with E-state index in [1.54, 1.807) is 41.5 Å². The molecule has 9 heteroatoms. The molecule has 0 saturated carbocycles. The first kappa shape index (κ1) is 21.5. The van der Waals surface area contributed by atoms with Crippen molar-refractivity contribution in [3.63, 3.8) is 0 Å². The Morgan fingerprint density at radius 1 is 1.03 bits per heavy atom. The van der Waals surface area contributed by atoms with Gasteiger partial charge in [0.2, 0.25) is 5.95 Å². The molecule has 3 aromatic heterocycles. The van der Waals surface area contributed by atoms with Crippen molar-refractivity contribution in [2.24, 2.45) is 0 Å². The first-order chi connectivity index (χ1) is 16.2. The number of pyridine rings is 1. The molecule has 0 radical (unpaired) electrons. The Bertz CT molecular complexity index is 1240. The molecule has 1 fully saturated rings. The fourth-order valence-electron chi connectivity index (χ4n) is 4.16. The van der Waals surface area contributed by atoms with Crippen LogP contribution >= 0.6 is 11.6 Å². The lowest BCUT2D eigenvalue weighted by Crippen LogP contribution is -2.43. The summed E-state index contributed by atoms with van der Waals surface area (Å²) in [5, 5.41) is 4.14. The Morgan fingerprint density at radius 3 is 2.55 bits per heavy atom. The van der Waals surface area contributed by atoms with Gasteiger partial charge >= 0.3 is 0 Å². The molecule has 0 spiro atoms. The Balaban J connectivity index is 1.45. The third-order valence-corrected chi connectivity index (χ3v) is 6.09. The van der Waals surface area contributed by atoms with Gasteiger partial charge in [0.1, 0.15) is 5.65 Å². The van der Waals surface area contributed by atoms with Crippen molar-refractivity contribution in [1.82, 2.24) is 29.7 Å². The Kier molecular flexibility index (Phi) is 6.30. The highest BCUT2D eigenvalue weighted by atomic mass is 35.5. The molecule has 1 amide bonds. The summed E-state index contributed by atoms with van der Waals surface area (Å²) in [7, 11) is 0.